The molecule has 0 atom stereocenters. The van der Waals surface area contributed by atoms with E-state index in [2.05, 4.69) is 95.6 Å². The Morgan fingerprint density at radius 2 is 1.02 bits per heavy atom. The predicted molar refractivity (Wildman–Crippen MR) is 205 cm³/mol. The van der Waals surface area contributed by atoms with Gasteiger partial charge in [0, 0.05) is 43.7 Å². The number of benzene rings is 7. The number of fused-ring (bicyclic) bond motifs is 10. The zero-order valence-corrected chi connectivity index (χ0v) is 27.1. The van der Waals surface area contributed by atoms with E-state index < -0.39 is 0 Å². The van der Waals surface area contributed by atoms with Crippen molar-refractivity contribution < 1.29 is 8.83 Å². The van der Waals surface area contributed by atoms with Crippen LogP contribution in [0.4, 0.5) is 0 Å². The largest absolute Gasteiger partial charge is 0.456 e. The van der Waals surface area contributed by atoms with E-state index in [-0.39, 0.29) is 0 Å². The first-order valence-corrected chi connectivity index (χ1v) is 17.0. The second-order valence-corrected chi connectivity index (χ2v) is 12.8. The fraction of sp³-hybridized carbons (Fsp3) is 0. The molecule has 0 bridgehead atoms. The molecule has 0 spiro atoms. The van der Waals surface area contributed by atoms with Crippen LogP contribution in [0.15, 0.2) is 167 Å². The number of hydrogen-bond donors (Lipinski definition) is 0. The lowest BCUT2D eigenvalue weighted by Crippen LogP contribution is -2.00. The van der Waals surface area contributed by atoms with Crippen molar-refractivity contribution in [2.24, 2.45) is 0 Å². The van der Waals surface area contributed by atoms with Gasteiger partial charge in [-0.1, -0.05) is 109 Å². The van der Waals surface area contributed by atoms with Crippen molar-refractivity contribution in [2.75, 3.05) is 0 Å². The van der Waals surface area contributed by atoms with Crippen LogP contribution in [0, 0.1) is 0 Å². The van der Waals surface area contributed by atoms with Crippen molar-refractivity contribution in [1.82, 2.24) is 19.5 Å². The third-order valence-corrected chi connectivity index (χ3v) is 9.86. The van der Waals surface area contributed by atoms with Crippen LogP contribution in [0.2, 0.25) is 0 Å². The van der Waals surface area contributed by atoms with Crippen LogP contribution in [0.3, 0.4) is 0 Å². The molecule has 6 heteroatoms. The molecule has 0 aliphatic carbocycles. The fourth-order valence-electron chi connectivity index (χ4n) is 7.65. The summed E-state index contributed by atoms with van der Waals surface area (Å²) >= 11 is 0. The quantitative estimate of drug-likeness (QED) is 0.189. The van der Waals surface area contributed by atoms with Crippen LogP contribution in [-0.2, 0) is 0 Å². The predicted octanol–water partition coefficient (Wildman–Crippen LogP) is 11.8. The van der Waals surface area contributed by atoms with Crippen molar-refractivity contribution in [3.8, 4) is 39.9 Å². The molecule has 0 unspecified atom stereocenters. The average molecular weight is 655 g/mol. The number of hydrogen-bond acceptors (Lipinski definition) is 5. The van der Waals surface area contributed by atoms with E-state index in [9.17, 15) is 0 Å². The maximum atomic E-state index is 6.81. The molecule has 11 rings (SSSR count). The van der Waals surface area contributed by atoms with E-state index in [4.69, 9.17) is 23.8 Å². The summed E-state index contributed by atoms with van der Waals surface area (Å²) in [6.07, 6.45) is 0. The van der Waals surface area contributed by atoms with E-state index in [1.807, 2.05) is 66.7 Å². The molecule has 7 aromatic carbocycles. The van der Waals surface area contributed by atoms with Gasteiger partial charge in [0.05, 0.1) is 22.0 Å². The van der Waals surface area contributed by atoms with E-state index in [0.717, 1.165) is 77.3 Å². The fourth-order valence-corrected chi connectivity index (χ4v) is 7.65. The van der Waals surface area contributed by atoms with Gasteiger partial charge in [0.1, 0.15) is 22.3 Å². The Morgan fingerprint density at radius 3 is 1.88 bits per heavy atom. The van der Waals surface area contributed by atoms with Gasteiger partial charge in [-0.2, -0.15) is 0 Å². The summed E-state index contributed by atoms with van der Waals surface area (Å²) in [5.41, 5.74) is 9.06. The summed E-state index contributed by atoms with van der Waals surface area (Å²) in [6, 6.07) is 53.7. The molecule has 0 amide bonds. The summed E-state index contributed by atoms with van der Waals surface area (Å²) in [5, 5.41) is 6.41. The first kappa shape index (κ1) is 27.9. The van der Waals surface area contributed by atoms with Gasteiger partial charge in [-0.05, 0) is 48.5 Å². The molecule has 0 radical (unpaired) electrons. The third-order valence-electron chi connectivity index (χ3n) is 9.86. The van der Waals surface area contributed by atoms with Crippen molar-refractivity contribution >= 4 is 65.7 Å². The molecular weight excluding hydrogens is 629 g/mol. The van der Waals surface area contributed by atoms with Gasteiger partial charge in [-0.15, -0.1) is 0 Å². The summed E-state index contributed by atoms with van der Waals surface area (Å²) in [7, 11) is 0. The van der Waals surface area contributed by atoms with Gasteiger partial charge in [-0.25, -0.2) is 15.0 Å². The molecule has 238 valence electrons. The second-order valence-electron chi connectivity index (χ2n) is 12.8. The van der Waals surface area contributed by atoms with Crippen molar-refractivity contribution in [2.45, 2.75) is 0 Å². The lowest BCUT2D eigenvalue weighted by atomic mass is 10.0. The van der Waals surface area contributed by atoms with Crippen molar-refractivity contribution in [1.29, 1.82) is 0 Å². The smallest absolute Gasteiger partial charge is 0.167 e. The Balaban J connectivity index is 1.21. The first-order valence-electron chi connectivity index (χ1n) is 17.0. The zero-order chi connectivity index (χ0) is 33.5. The third kappa shape index (κ3) is 4.14. The number of aromatic nitrogens is 4. The van der Waals surface area contributed by atoms with Crippen molar-refractivity contribution in [3.05, 3.63) is 158 Å². The minimum Gasteiger partial charge on any atom is -0.456 e. The van der Waals surface area contributed by atoms with E-state index >= 15 is 0 Å². The van der Waals surface area contributed by atoms with Crippen molar-refractivity contribution in [3.63, 3.8) is 0 Å². The summed E-state index contributed by atoms with van der Waals surface area (Å²) < 4.78 is 15.4. The van der Waals surface area contributed by atoms with E-state index in [0.29, 0.717) is 17.5 Å². The van der Waals surface area contributed by atoms with Crippen LogP contribution in [0.5, 0.6) is 0 Å². The molecule has 0 saturated heterocycles. The highest BCUT2D eigenvalue weighted by Crippen LogP contribution is 2.43. The number of furan rings is 2. The van der Waals surface area contributed by atoms with Crippen LogP contribution in [-0.4, -0.2) is 19.5 Å². The van der Waals surface area contributed by atoms with Gasteiger partial charge in [0.2, 0.25) is 0 Å². The van der Waals surface area contributed by atoms with Crippen LogP contribution < -0.4 is 0 Å². The van der Waals surface area contributed by atoms with Gasteiger partial charge < -0.3 is 13.4 Å². The van der Waals surface area contributed by atoms with Gasteiger partial charge in [-0.3, -0.25) is 0 Å². The molecule has 0 saturated carbocycles. The monoisotopic (exact) mass is 654 g/mol. The Labute approximate surface area is 290 Å². The molecule has 6 nitrogen and oxygen atoms in total. The van der Waals surface area contributed by atoms with Gasteiger partial charge in [0.25, 0.3) is 0 Å². The lowest BCUT2D eigenvalue weighted by molar-refractivity contribution is 0.668. The molecule has 51 heavy (non-hydrogen) atoms. The molecule has 4 aromatic heterocycles. The first-order chi connectivity index (χ1) is 25.3. The molecule has 0 aliphatic rings. The maximum absolute atomic E-state index is 6.81. The SMILES string of the molecule is c1ccc(-c2nc(-c3cccc4c3oc3ccc5c6ccccc6n(-c6ccccc6)c5c34)nc(-c3cccc4oc5ccccc5c34)n2)cc1. The Morgan fingerprint density at radius 1 is 0.392 bits per heavy atom. The molecule has 11 aromatic rings. The number of rotatable bonds is 4. The summed E-state index contributed by atoms with van der Waals surface area (Å²) in [5.74, 6) is 1.68. The normalized spacial score (nSPS) is 11.9. The van der Waals surface area contributed by atoms with Crippen LogP contribution >= 0.6 is 0 Å². The summed E-state index contributed by atoms with van der Waals surface area (Å²) in [4.78, 5) is 15.4. The van der Waals surface area contributed by atoms with Crippen LogP contribution in [0.1, 0.15) is 0 Å². The lowest BCUT2D eigenvalue weighted by Gasteiger charge is -2.09. The Kier molecular flexibility index (Phi) is 5.86. The highest BCUT2D eigenvalue weighted by Gasteiger charge is 2.23. The molecule has 0 aliphatic heterocycles. The second kappa shape index (κ2) is 10.7. The Bertz CT molecular complexity index is 3140. The average Bonchev–Trinajstić information content (AvgIpc) is 3.88. The standard InChI is InChI=1S/C45H26N4O2/c1-3-13-27(14-4-1)43-46-44(33-20-12-24-37-39(33)31-18-8-10-23-36(31)50-37)48-45(47-43)34-21-11-19-32-40-38(51-42(32)34)26-25-30-29-17-7-9-22-35(29)49(41(30)40)28-15-5-2-6-16-28/h1-26H. The minimum atomic E-state index is 0.535. The number of nitrogens with zero attached hydrogens (tertiary/aromatic N) is 4. The topological polar surface area (TPSA) is 69.9 Å². The zero-order valence-electron chi connectivity index (χ0n) is 27.1. The minimum absolute atomic E-state index is 0.535. The van der Waals surface area contributed by atoms with E-state index in [1.165, 1.54) is 10.8 Å². The summed E-state index contributed by atoms with van der Waals surface area (Å²) in [6.45, 7) is 0. The molecule has 0 N–H and O–H groups in total. The Hall–Kier alpha value is -7.05. The maximum Gasteiger partial charge on any atom is 0.167 e. The highest BCUT2D eigenvalue weighted by atomic mass is 16.3. The molecule has 0 fully saturated rings. The number of para-hydroxylation sites is 4. The molecular formula is C45H26N4O2. The van der Waals surface area contributed by atoms with Crippen LogP contribution in [0.25, 0.3) is 106 Å². The van der Waals surface area contributed by atoms with Gasteiger partial charge in [0.15, 0.2) is 17.5 Å². The van der Waals surface area contributed by atoms with E-state index in [1.54, 1.807) is 0 Å². The molecule has 4 heterocycles. The highest BCUT2D eigenvalue weighted by molar-refractivity contribution is 6.25. The van der Waals surface area contributed by atoms with Gasteiger partial charge >= 0.3 is 0 Å².